The van der Waals surface area contributed by atoms with E-state index in [0.717, 1.165) is 44.4 Å². The summed E-state index contributed by atoms with van der Waals surface area (Å²) in [6, 6.07) is 26.4. The second kappa shape index (κ2) is 12.6. The zero-order chi connectivity index (χ0) is 33.4. The van der Waals surface area contributed by atoms with E-state index >= 15 is 0 Å². The average molecular weight is 637 g/mol. The molecule has 0 atom stereocenters. The molecule has 0 saturated heterocycles. The Kier molecular flexibility index (Phi) is 8.96. The Morgan fingerprint density at radius 1 is 0.848 bits per heavy atom. The van der Waals surface area contributed by atoms with Crippen molar-refractivity contribution in [3.8, 4) is 11.1 Å². The van der Waals surface area contributed by atoms with Gasteiger partial charge in [-0.25, -0.2) is 13.2 Å². The van der Waals surface area contributed by atoms with Crippen LogP contribution in [0.15, 0.2) is 89.8 Å². The first-order valence-corrected chi connectivity index (χ1v) is 17.1. The molecule has 4 aromatic carbocycles. The molecule has 0 fully saturated rings. The molecule has 0 aliphatic rings. The number of fused-ring (bicyclic) bond motifs is 1. The van der Waals surface area contributed by atoms with Crippen LogP contribution in [0.25, 0.3) is 22.0 Å². The lowest BCUT2D eigenvalue weighted by Crippen LogP contribution is -2.24. The summed E-state index contributed by atoms with van der Waals surface area (Å²) in [5, 5.41) is 3.92. The molecular weight excluding hydrogens is 596 g/mol. The fourth-order valence-corrected chi connectivity index (χ4v) is 6.24. The number of rotatable bonds is 8. The molecule has 5 aromatic rings. The highest BCUT2D eigenvalue weighted by Gasteiger charge is 2.21. The van der Waals surface area contributed by atoms with E-state index in [1.165, 1.54) is 6.26 Å². The lowest BCUT2D eigenvalue weighted by molar-refractivity contribution is 0.00701. The van der Waals surface area contributed by atoms with Gasteiger partial charge in [-0.3, -0.25) is 4.79 Å². The van der Waals surface area contributed by atoms with Gasteiger partial charge in [0.15, 0.2) is 9.84 Å². The van der Waals surface area contributed by atoms with Crippen LogP contribution in [0.3, 0.4) is 0 Å². The summed E-state index contributed by atoms with van der Waals surface area (Å²) in [4.78, 5) is 26.3. The van der Waals surface area contributed by atoms with Crippen molar-refractivity contribution in [1.29, 1.82) is 0 Å². The number of carbonyl (C=O) groups is 2. The Morgan fingerprint density at radius 2 is 1.57 bits per heavy atom. The molecule has 0 aliphatic carbocycles. The number of ether oxygens (including phenoxy) is 1. The Morgan fingerprint density at radius 3 is 2.24 bits per heavy atom. The minimum Gasteiger partial charge on any atom is -0.456 e. The third-order valence-electron chi connectivity index (χ3n) is 8.08. The quantitative estimate of drug-likeness (QED) is 0.177. The fourth-order valence-electron chi connectivity index (χ4n) is 5.55. The normalized spacial score (nSPS) is 11.9. The number of hydrogen-bond acceptors (Lipinski definition) is 5. The number of benzene rings is 4. The monoisotopic (exact) mass is 636 g/mol. The van der Waals surface area contributed by atoms with E-state index in [2.05, 4.69) is 35.9 Å². The Labute approximate surface area is 271 Å². The van der Waals surface area contributed by atoms with Crippen LogP contribution < -0.4 is 5.32 Å². The van der Waals surface area contributed by atoms with Crippen molar-refractivity contribution in [3.05, 3.63) is 124 Å². The molecule has 46 heavy (non-hydrogen) atoms. The second-order valence-corrected chi connectivity index (χ2v) is 14.9. The summed E-state index contributed by atoms with van der Waals surface area (Å²) >= 11 is 0. The number of nitrogens with one attached hydrogen (secondary N) is 1. The summed E-state index contributed by atoms with van der Waals surface area (Å²) in [6.45, 7) is 12.6. The van der Waals surface area contributed by atoms with E-state index in [0.29, 0.717) is 23.2 Å². The average Bonchev–Trinajstić information content (AvgIpc) is 3.23. The first-order valence-electron chi connectivity index (χ1n) is 15.2. The van der Waals surface area contributed by atoms with E-state index in [-0.39, 0.29) is 23.3 Å². The van der Waals surface area contributed by atoms with E-state index in [1.807, 2.05) is 76.2 Å². The van der Waals surface area contributed by atoms with Gasteiger partial charge in [0.1, 0.15) is 5.60 Å². The summed E-state index contributed by atoms with van der Waals surface area (Å²) in [6.07, 6.45) is 1.17. The van der Waals surface area contributed by atoms with Crippen LogP contribution in [0.5, 0.6) is 0 Å². The number of esters is 1. The van der Waals surface area contributed by atoms with Crippen LogP contribution in [-0.2, 0) is 27.7 Å². The van der Waals surface area contributed by atoms with Crippen molar-refractivity contribution in [2.75, 3.05) is 6.26 Å². The molecule has 1 aromatic heterocycles. The molecule has 0 bridgehead atoms. The molecule has 0 radical (unpaired) electrons. The number of hydrogen-bond donors (Lipinski definition) is 1. The van der Waals surface area contributed by atoms with Crippen LogP contribution in [-0.4, -0.2) is 36.7 Å². The maximum atomic E-state index is 13.1. The summed E-state index contributed by atoms with van der Waals surface area (Å²) in [5.41, 5.74) is 8.32. The van der Waals surface area contributed by atoms with E-state index < -0.39 is 15.4 Å². The topological polar surface area (TPSA) is 94.5 Å². The van der Waals surface area contributed by atoms with Crippen molar-refractivity contribution in [3.63, 3.8) is 0 Å². The molecule has 0 aliphatic heterocycles. The summed E-state index contributed by atoms with van der Waals surface area (Å²) < 4.78 is 31.7. The Hall–Kier alpha value is -4.69. The number of aromatic nitrogens is 1. The SMILES string of the molecule is Cc1ccc(-c2ccc(Cn3c(C)c(C)c4cc(C(=O)NCc5cccc(S(C)(=O)=O)c5)ccc43)cc2)c(C(=O)OC(C)(C)C)c1. The van der Waals surface area contributed by atoms with Crippen LogP contribution in [0.2, 0.25) is 0 Å². The van der Waals surface area contributed by atoms with Crippen LogP contribution in [0.4, 0.5) is 0 Å². The molecule has 7 nitrogen and oxygen atoms in total. The van der Waals surface area contributed by atoms with Gasteiger partial charge < -0.3 is 14.6 Å². The molecule has 238 valence electrons. The lowest BCUT2D eigenvalue weighted by Gasteiger charge is -2.21. The smallest absolute Gasteiger partial charge is 0.339 e. The summed E-state index contributed by atoms with van der Waals surface area (Å²) in [5.74, 6) is -0.566. The van der Waals surface area contributed by atoms with Crippen molar-refractivity contribution in [2.24, 2.45) is 0 Å². The van der Waals surface area contributed by atoms with Gasteiger partial charge in [-0.05, 0) is 106 Å². The molecule has 1 N–H and O–H groups in total. The predicted molar refractivity (Wildman–Crippen MR) is 183 cm³/mol. The highest BCUT2D eigenvalue weighted by atomic mass is 32.2. The Bertz CT molecular complexity index is 2070. The van der Waals surface area contributed by atoms with E-state index in [4.69, 9.17) is 4.74 Å². The highest BCUT2D eigenvalue weighted by molar-refractivity contribution is 7.90. The molecule has 1 heterocycles. The van der Waals surface area contributed by atoms with Crippen LogP contribution in [0, 0.1) is 20.8 Å². The number of carbonyl (C=O) groups excluding carboxylic acids is 2. The third kappa shape index (κ3) is 7.23. The lowest BCUT2D eigenvalue weighted by atomic mass is 9.96. The molecule has 5 rings (SSSR count). The molecule has 1 amide bonds. The van der Waals surface area contributed by atoms with Gasteiger partial charge in [-0.15, -0.1) is 0 Å². The molecular formula is C38H40N2O5S. The van der Waals surface area contributed by atoms with Gasteiger partial charge in [-0.1, -0.05) is 54.1 Å². The first-order chi connectivity index (χ1) is 21.6. The minimum absolute atomic E-state index is 0.219. The molecule has 0 saturated carbocycles. The highest BCUT2D eigenvalue weighted by Crippen LogP contribution is 2.30. The number of amides is 1. The van der Waals surface area contributed by atoms with E-state index in [1.54, 1.807) is 24.3 Å². The predicted octanol–water partition coefficient (Wildman–Crippen LogP) is 7.57. The van der Waals surface area contributed by atoms with Crippen LogP contribution >= 0.6 is 0 Å². The van der Waals surface area contributed by atoms with Gasteiger partial charge in [0, 0.05) is 41.5 Å². The number of aryl methyl sites for hydroxylation is 2. The van der Waals surface area contributed by atoms with Gasteiger partial charge in [0.05, 0.1) is 10.5 Å². The summed E-state index contributed by atoms with van der Waals surface area (Å²) in [7, 11) is -3.33. The maximum Gasteiger partial charge on any atom is 0.339 e. The van der Waals surface area contributed by atoms with Gasteiger partial charge in [0.25, 0.3) is 5.91 Å². The van der Waals surface area contributed by atoms with Crippen LogP contribution in [0.1, 0.15) is 69.4 Å². The standard InChI is InChI=1S/C38H40N2O5S/c1-24-11-17-32(34(19-24)37(42)45-38(4,5)6)29-14-12-27(13-15-29)23-40-26(3)25(2)33-21-30(16-18-35(33)40)36(41)39-22-28-9-8-10-31(20-28)46(7,43)44/h8-21H,22-23H2,1-7H3,(H,39,41). The molecule has 0 unspecified atom stereocenters. The second-order valence-electron chi connectivity index (χ2n) is 12.9. The molecule has 8 heteroatoms. The van der Waals surface area contributed by atoms with Gasteiger partial charge in [-0.2, -0.15) is 0 Å². The first kappa shape index (κ1) is 32.7. The number of nitrogens with zero attached hydrogens (tertiary/aromatic N) is 1. The third-order valence-corrected chi connectivity index (χ3v) is 9.19. The Balaban J connectivity index is 1.35. The van der Waals surface area contributed by atoms with E-state index in [9.17, 15) is 18.0 Å². The van der Waals surface area contributed by atoms with Gasteiger partial charge >= 0.3 is 5.97 Å². The zero-order valence-corrected chi connectivity index (χ0v) is 28.2. The van der Waals surface area contributed by atoms with Crippen molar-refractivity contribution in [1.82, 2.24) is 9.88 Å². The molecule has 0 spiro atoms. The fraction of sp³-hybridized carbons (Fsp3) is 0.263. The number of sulfone groups is 1. The van der Waals surface area contributed by atoms with Crippen molar-refractivity contribution in [2.45, 2.75) is 65.1 Å². The maximum absolute atomic E-state index is 13.1. The van der Waals surface area contributed by atoms with Crippen molar-refractivity contribution < 1.29 is 22.7 Å². The largest absolute Gasteiger partial charge is 0.456 e. The van der Waals surface area contributed by atoms with Gasteiger partial charge in [0.2, 0.25) is 0 Å². The zero-order valence-electron chi connectivity index (χ0n) is 27.4. The minimum atomic E-state index is -3.33. The van der Waals surface area contributed by atoms with Crippen molar-refractivity contribution >= 4 is 32.6 Å².